The van der Waals surface area contributed by atoms with Gasteiger partial charge in [-0.05, 0) is 29.8 Å². The number of aromatic nitrogens is 2. The number of nitrogens with zero attached hydrogens (tertiary/aromatic N) is 2. The fourth-order valence-electron chi connectivity index (χ4n) is 0.977. The zero-order valence-electron chi connectivity index (χ0n) is 6.97. The maximum atomic E-state index is 5.41. The molecule has 0 radical (unpaired) electrons. The van der Waals surface area contributed by atoms with Crippen LogP contribution >= 0.6 is 28.1 Å². The Morgan fingerprint density at radius 2 is 2.25 bits per heavy atom. The third kappa shape index (κ3) is 1.84. The number of rotatable bonds is 2. The van der Waals surface area contributed by atoms with Crippen molar-refractivity contribution in [3.05, 3.63) is 15.9 Å². The molecule has 1 aromatic heterocycles. The van der Waals surface area contributed by atoms with Crippen molar-refractivity contribution in [2.45, 2.75) is 20.4 Å². The topological polar surface area (TPSA) is 43.8 Å². The van der Waals surface area contributed by atoms with Gasteiger partial charge < -0.3 is 5.73 Å². The molecule has 0 amide bonds. The Morgan fingerprint density at radius 3 is 2.58 bits per heavy atom. The van der Waals surface area contributed by atoms with E-state index in [2.05, 4.69) is 21.0 Å². The Morgan fingerprint density at radius 1 is 1.67 bits per heavy atom. The Balaban J connectivity index is 3.01. The summed E-state index contributed by atoms with van der Waals surface area (Å²) in [6.07, 6.45) is 0. The summed E-state index contributed by atoms with van der Waals surface area (Å²) in [5.74, 6) is 0. The lowest BCUT2D eigenvalue weighted by Gasteiger charge is -2.00. The van der Waals surface area contributed by atoms with Crippen LogP contribution in [0.5, 0.6) is 0 Å². The van der Waals surface area contributed by atoms with Gasteiger partial charge in [-0.25, -0.2) is 0 Å². The van der Waals surface area contributed by atoms with Crippen LogP contribution in [0.2, 0.25) is 0 Å². The molecule has 0 aromatic carbocycles. The third-order valence-electron chi connectivity index (χ3n) is 1.60. The molecular formula is C7H10BrN3S. The van der Waals surface area contributed by atoms with Gasteiger partial charge in [0.1, 0.15) is 0 Å². The van der Waals surface area contributed by atoms with E-state index < -0.39 is 0 Å². The standard InChI is InChI=1S/C7H10BrN3S/c1-4-7(8)5(2)11(10-4)3-6(9)12/h3H2,1-2H3,(H2,9,12). The SMILES string of the molecule is Cc1nn(CC(N)=S)c(C)c1Br. The van der Waals surface area contributed by atoms with E-state index in [0.29, 0.717) is 11.5 Å². The van der Waals surface area contributed by atoms with Gasteiger partial charge in [0.05, 0.1) is 27.4 Å². The van der Waals surface area contributed by atoms with Crippen molar-refractivity contribution in [1.29, 1.82) is 0 Å². The van der Waals surface area contributed by atoms with E-state index >= 15 is 0 Å². The van der Waals surface area contributed by atoms with E-state index in [-0.39, 0.29) is 0 Å². The van der Waals surface area contributed by atoms with E-state index in [1.54, 1.807) is 4.68 Å². The molecule has 0 aliphatic carbocycles. The second kappa shape index (κ2) is 3.53. The number of halogens is 1. The number of nitrogens with two attached hydrogens (primary N) is 1. The summed E-state index contributed by atoms with van der Waals surface area (Å²) in [6.45, 7) is 4.42. The van der Waals surface area contributed by atoms with E-state index in [0.717, 1.165) is 15.9 Å². The van der Waals surface area contributed by atoms with Crippen LogP contribution in [0, 0.1) is 13.8 Å². The van der Waals surface area contributed by atoms with E-state index in [1.165, 1.54) is 0 Å². The first-order valence-corrected chi connectivity index (χ1v) is 4.70. The largest absolute Gasteiger partial charge is 0.392 e. The van der Waals surface area contributed by atoms with Crippen molar-refractivity contribution >= 4 is 33.1 Å². The molecule has 5 heteroatoms. The minimum absolute atomic E-state index is 0.452. The van der Waals surface area contributed by atoms with Gasteiger partial charge in [0, 0.05) is 0 Å². The maximum Gasteiger partial charge on any atom is 0.0946 e. The smallest absolute Gasteiger partial charge is 0.0946 e. The fraction of sp³-hybridized carbons (Fsp3) is 0.429. The van der Waals surface area contributed by atoms with Gasteiger partial charge in [0.25, 0.3) is 0 Å². The molecule has 3 nitrogen and oxygen atoms in total. The lowest BCUT2D eigenvalue weighted by Crippen LogP contribution is -2.18. The van der Waals surface area contributed by atoms with Gasteiger partial charge >= 0.3 is 0 Å². The zero-order valence-corrected chi connectivity index (χ0v) is 9.37. The number of aryl methyl sites for hydroxylation is 1. The van der Waals surface area contributed by atoms with Crippen molar-refractivity contribution in [2.75, 3.05) is 0 Å². The molecule has 0 spiro atoms. The zero-order chi connectivity index (χ0) is 9.30. The second-order valence-corrected chi connectivity index (χ2v) is 3.93. The van der Waals surface area contributed by atoms with Crippen molar-refractivity contribution in [2.24, 2.45) is 5.73 Å². The molecule has 1 aromatic rings. The lowest BCUT2D eigenvalue weighted by atomic mass is 10.4. The van der Waals surface area contributed by atoms with Gasteiger partial charge in [0.15, 0.2) is 0 Å². The number of thiocarbonyl (C=S) groups is 1. The molecule has 0 atom stereocenters. The lowest BCUT2D eigenvalue weighted by molar-refractivity contribution is 0.693. The predicted octanol–water partition coefficient (Wildman–Crippen LogP) is 1.55. The molecule has 0 aliphatic rings. The van der Waals surface area contributed by atoms with Crippen LogP contribution in [-0.4, -0.2) is 14.8 Å². The van der Waals surface area contributed by atoms with E-state index in [4.69, 9.17) is 18.0 Å². The summed E-state index contributed by atoms with van der Waals surface area (Å²) >= 11 is 8.21. The molecule has 0 saturated carbocycles. The first-order valence-electron chi connectivity index (χ1n) is 3.50. The van der Waals surface area contributed by atoms with Gasteiger partial charge in [-0.3, -0.25) is 4.68 Å². The van der Waals surface area contributed by atoms with E-state index in [1.807, 2.05) is 13.8 Å². The second-order valence-electron chi connectivity index (χ2n) is 2.61. The summed E-state index contributed by atoms with van der Waals surface area (Å²) in [4.78, 5) is 0.452. The highest BCUT2D eigenvalue weighted by Crippen LogP contribution is 2.19. The predicted molar refractivity (Wildman–Crippen MR) is 56.2 cm³/mol. The van der Waals surface area contributed by atoms with Crippen LogP contribution in [0.25, 0.3) is 0 Å². The molecule has 0 saturated heterocycles. The highest BCUT2D eigenvalue weighted by atomic mass is 79.9. The van der Waals surface area contributed by atoms with Gasteiger partial charge in [0.2, 0.25) is 0 Å². The minimum atomic E-state index is 0.452. The van der Waals surface area contributed by atoms with Crippen LogP contribution in [0.3, 0.4) is 0 Å². The molecule has 0 aliphatic heterocycles. The maximum absolute atomic E-state index is 5.41. The minimum Gasteiger partial charge on any atom is -0.392 e. The summed E-state index contributed by atoms with van der Waals surface area (Å²) in [5.41, 5.74) is 7.43. The quantitative estimate of drug-likeness (QED) is 0.807. The summed E-state index contributed by atoms with van der Waals surface area (Å²) in [7, 11) is 0. The first-order chi connectivity index (χ1) is 5.52. The third-order valence-corrected chi connectivity index (χ3v) is 2.88. The number of hydrogen-bond donors (Lipinski definition) is 1. The summed E-state index contributed by atoms with van der Waals surface area (Å²) < 4.78 is 2.82. The van der Waals surface area contributed by atoms with Gasteiger partial charge in [-0.1, -0.05) is 12.2 Å². The molecule has 2 N–H and O–H groups in total. The number of hydrogen-bond acceptors (Lipinski definition) is 2. The van der Waals surface area contributed by atoms with Gasteiger partial charge in [-0.15, -0.1) is 0 Å². The van der Waals surface area contributed by atoms with Crippen LogP contribution < -0.4 is 5.73 Å². The summed E-state index contributed by atoms with van der Waals surface area (Å²) in [6, 6.07) is 0. The molecule has 0 fully saturated rings. The van der Waals surface area contributed by atoms with Crippen molar-refractivity contribution in [1.82, 2.24) is 9.78 Å². The average molecular weight is 248 g/mol. The van der Waals surface area contributed by atoms with Crippen LogP contribution in [0.1, 0.15) is 11.4 Å². The fourth-order valence-corrected chi connectivity index (χ4v) is 1.38. The Labute approximate surface area is 85.1 Å². The Bertz CT molecular complexity index is 319. The van der Waals surface area contributed by atoms with Crippen molar-refractivity contribution in [3.63, 3.8) is 0 Å². The first kappa shape index (κ1) is 9.67. The Kier molecular flexibility index (Phi) is 2.85. The normalized spacial score (nSPS) is 10.2. The molecule has 1 heterocycles. The van der Waals surface area contributed by atoms with Crippen LogP contribution in [0.15, 0.2) is 4.47 Å². The molecule has 66 valence electrons. The van der Waals surface area contributed by atoms with E-state index in [9.17, 15) is 0 Å². The molecule has 0 bridgehead atoms. The highest BCUT2D eigenvalue weighted by molar-refractivity contribution is 9.10. The molecule has 1 rings (SSSR count). The molecule has 0 unspecified atom stereocenters. The van der Waals surface area contributed by atoms with Crippen LogP contribution in [0.4, 0.5) is 0 Å². The van der Waals surface area contributed by atoms with Crippen molar-refractivity contribution in [3.8, 4) is 0 Å². The van der Waals surface area contributed by atoms with Crippen molar-refractivity contribution < 1.29 is 0 Å². The molecular weight excluding hydrogens is 238 g/mol. The Hall–Kier alpha value is -0.420. The monoisotopic (exact) mass is 247 g/mol. The van der Waals surface area contributed by atoms with Gasteiger partial charge in [-0.2, -0.15) is 5.10 Å². The highest BCUT2D eigenvalue weighted by Gasteiger charge is 2.08. The summed E-state index contributed by atoms with van der Waals surface area (Å²) in [5, 5.41) is 4.25. The van der Waals surface area contributed by atoms with Crippen LogP contribution in [-0.2, 0) is 6.54 Å². The average Bonchev–Trinajstić information content (AvgIpc) is 2.17. The molecule has 12 heavy (non-hydrogen) atoms.